The third kappa shape index (κ3) is 2.38. The van der Waals surface area contributed by atoms with Gasteiger partial charge in [-0.25, -0.2) is 9.78 Å². The molecule has 1 aromatic heterocycles. The van der Waals surface area contributed by atoms with Crippen LogP contribution in [-0.2, 0) is 9.63 Å². The normalized spacial score (nSPS) is 15.2. The van der Waals surface area contributed by atoms with Crippen LogP contribution in [0.2, 0.25) is 0 Å². The molecule has 0 saturated carbocycles. The van der Waals surface area contributed by atoms with Gasteiger partial charge in [-0.1, -0.05) is 17.2 Å². The molecule has 0 spiro atoms. The molecule has 0 unspecified atom stereocenters. The number of hydrogen-bond acceptors (Lipinski definition) is 7. The lowest BCUT2D eigenvalue weighted by molar-refractivity contribution is -0.118. The Bertz CT molecular complexity index is 920. The van der Waals surface area contributed by atoms with E-state index in [-0.39, 0.29) is 40.8 Å². The van der Waals surface area contributed by atoms with Crippen LogP contribution in [0.3, 0.4) is 0 Å². The average molecular weight is 339 g/mol. The molecule has 0 radical (unpaired) electrons. The van der Waals surface area contributed by atoms with Crippen LogP contribution in [0.1, 0.15) is 31.1 Å². The Morgan fingerprint density at radius 2 is 1.84 bits per heavy atom. The third-order valence-electron chi connectivity index (χ3n) is 3.63. The molecular weight excluding hydrogens is 330 g/mol. The van der Waals surface area contributed by atoms with E-state index in [0.717, 1.165) is 6.20 Å². The number of nitrogens with zero attached hydrogens (tertiary/aromatic N) is 2. The summed E-state index contributed by atoms with van der Waals surface area (Å²) in [7, 11) is 0. The summed E-state index contributed by atoms with van der Waals surface area (Å²) in [4.78, 5) is 56.8. The number of carbonyl (C=O) groups is 4. The van der Waals surface area contributed by atoms with Crippen LogP contribution in [0.15, 0.2) is 36.5 Å². The van der Waals surface area contributed by atoms with E-state index in [1.165, 1.54) is 18.2 Å². The highest BCUT2D eigenvalue weighted by Crippen LogP contribution is 2.27. The maximum absolute atomic E-state index is 12.2. The van der Waals surface area contributed by atoms with E-state index in [0.29, 0.717) is 5.06 Å². The highest BCUT2D eigenvalue weighted by Gasteiger charge is 2.39. The first-order valence-corrected chi connectivity index (χ1v) is 7.17. The van der Waals surface area contributed by atoms with Gasteiger partial charge in [-0.3, -0.25) is 14.4 Å². The number of pyridine rings is 1. The van der Waals surface area contributed by atoms with Gasteiger partial charge < -0.3 is 14.9 Å². The summed E-state index contributed by atoms with van der Waals surface area (Å²) in [6.45, 7) is -0.168. The molecule has 0 bridgehead atoms. The summed E-state index contributed by atoms with van der Waals surface area (Å²) in [6, 6.07) is 7.43. The van der Waals surface area contributed by atoms with Gasteiger partial charge in [0.05, 0.1) is 16.7 Å². The van der Waals surface area contributed by atoms with Crippen molar-refractivity contribution < 1.29 is 28.8 Å². The van der Waals surface area contributed by atoms with Gasteiger partial charge in [0.2, 0.25) is 5.88 Å². The maximum atomic E-state index is 12.2. The van der Waals surface area contributed by atoms with E-state index in [4.69, 9.17) is 9.57 Å². The fourth-order valence-corrected chi connectivity index (χ4v) is 2.47. The number of benzene rings is 1. The Morgan fingerprint density at radius 3 is 2.52 bits per heavy atom. The summed E-state index contributed by atoms with van der Waals surface area (Å²) in [5.74, 6) is -2.64. The van der Waals surface area contributed by atoms with Gasteiger partial charge in [0.25, 0.3) is 17.7 Å². The second kappa shape index (κ2) is 5.41. The molecule has 3 heterocycles. The van der Waals surface area contributed by atoms with Crippen LogP contribution in [0.25, 0.3) is 0 Å². The van der Waals surface area contributed by atoms with Crippen molar-refractivity contribution in [3.8, 4) is 5.88 Å². The molecule has 9 heteroatoms. The fraction of sp³-hybridized carbons (Fsp3) is 0.0625. The molecule has 0 aliphatic carbocycles. The number of imide groups is 1. The van der Waals surface area contributed by atoms with Crippen LogP contribution in [0.4, 0.5) is 5.69 Å². The number of hydrogen-bond donors (Lipinski definition) is 1. The van der Waals surface area contributed by atoms with Crippen molar-refractivity contribution >= 4 is 29.4 Å². The third-order valence-corrected chi connectivity index (χ3v) is 3.63. The van der Waals surface area contributed by atoms with E-state index >= 15 is 0 Å². The van der Waals surface area contributed by atoms with Crippen molar-refractivity contribution in [1.29, 1.82) is 0 Å². The van der Waals surface area contributed by atoms with Gasteiger partial charge in [0, 0.05) is 6.20 Å². The monoisotopic (exact) mass is 339 g/mol. The van der Waals surface area contributed by atoms with Crippen molar-refractivity contribution in [3.05, 3.63) is 53.2 Å². The lowest BCUT2D eigenvalue weighted by atomic mass is 10.1. The molecule has 9 nitrogen and oxygen atoms in total. The number of ether oxygens (including phenoxy) is 1. The first-order valence-electron chi connectivity index (χ1n) is 7.17. The van der Waals surface area contributed by atoms with Crippen LogP contribution in [0, 0.1) is 0 Å². The molecular formula is C16H9N3O6. The van der Waals surface area contributed by atoms with Crippen LogP contribution >= 0.6 is 0 Å². The van der Waals surface area contributed by atoms with Gasteiger partial charge in [-0.05, 0) is 18.2 Å². The van der Waals surface area contributed by atoms with Crippen molar-refractivity contribution in [3.63, 3.8) is 0 Å². The Hall–Kier alpha value is -3.75. The first kappa shape index (κ1) is 14.8. The summed E-state index contributed by atoms with van der Waals surface area (Å²) >= 11 is 0. The Morgan fingerprint density at radius 1 is 1.16 bits per heavy atom. The van der Waals surface area contributed by atoms with Crippen LogP contribution in [-0.4, -0.2) is 40.3 Å². The number of anilines is 1. The van der Waals surface area contributed by atoms with Gasteiger partial charge in [-0.15, -0.1) is 0 Å². The molecule has 2 aliphatic rings. The second-order valence-corrected chi connectivity index (χ2v) is 5.24. The molecule has 124 valence electrons. The first-order chi connectivity index (χ1) is 12.0. The van der Waals surface area contributed by atoms with Crippen molar-refractivity contribution in [2.75, 3.05) is 11.9 Å². The summed E-state index contributed by atoms with van der Waals surface area (Å²) in [6.07, 6.45) is 1.16. The van der Waals surface area contributed by atoms with E-state index in [9.17, 15) is 19.2 Å². The fourth-order valence-electron chi connectivity index (χ4n) is 2.47. The summed E-state index contributed by atoms with van der Waals surface area (Å²) in [5.41, 5.74) is 0.461. The number of fused-ring (bicyclic) bond motifs is 2. The molecule has 4 rings (SSSR count). The predicted molar refractivity (Wildman–Crippen MR) is 80.7 cm³/mol. The van der Waals surface area contributed by atoms with Crippen molar-refractivity contribution in [1.82, 2.24) is 10.0 Å². The predicted octanol–water partition coefficient (Wildman–Crippen LogP) is 0.780. The van der Waals surface area contributed by atoms with Crippen molar-refractivity contribution in [2.24, 2.45) is 0 Å². The quantitative estimate of drug-likeness (QED) is 0.804. The van der Waals surface area contributed by atoms with E-state index < -0.39 is 17.8 Å². The zero-order valence-electron chi connectivity index (χ0n) is 12.5. The maximum Gasteiger partial charge on any atom is 0.365 e. The minimum absolute atomic E-state index is 0.0545. The number of amides is 3. The summed E-state index contributed by atoms with van der Waals surface area (Å²) in [5, 5.41) is 2.90. The highest BCUT2D eigenvalue weighted by atomic mass is 16.7. The topological polar surface area (TPSA) is 115 Å². The van der Waals surface area contributed by atoms with E-state index in [1.807, 2.05) is 0 Å². The number of rotatable bonds is 2. The van der Waals surface area contributed by atoms with Gasteiger partial charge >= 0.3 is 5.97 Å². The molecule has 1 aromatic carbocycles. The van der Waals surface area contributed by atoms with E-state index in [2.05, 4.69) is 10.3 Å². The SMILES string of the molecule is O=C1COc2ncc(C(=O)ON3C(=O)c4ccccc4C3=O)cc2N1. The summed E-state index contributed by atoms with van der Waals surface area (Å²) < 4.78 is 5.09. The molecule has 2 aromatic rings. The second-order valence-electron chi connectivity index (χ2n) is 5.24. The Labute approximate surface area is 140 Å². The minimum Gasteiger partial charge on any atom is -0.466 e. The van der Waals surface area contributed by atoms with Crippen LogP contribution in [0.5, 0.6) is 5.88 Å². The molecule has 0 atom stereocenters. The highest BCUT2D eigenvalue weighted by molar-refractivity contribution is 6.21. The zero-order chi connectivity index (χ0) is 17.6. The number of nitrogens with one attached hydrogen (secondary N) is 1. The van der Waals surface area contributed by atoms with Crippen LogP contribution < -0.4 is 10.1 Å². The Balaban J connectivity index is 1.57. The lowest BCUT2D eigenvalue weighted by Gasteiger charge is -2.17. The van der Waals surface area contributed by atoms with E-state index in [1.54, 1.807) is 12.1 Å². The van der Waals surface area contributed by atoms with Gasteiger partial charge in [0.1, 0.15) is 5.69 Å². The molecule has 3 amide bonds. The molecule has 25 heavy (non-hydrogen) atoms. The van der Waals surface area contributed by atoms with Gasteiger partial charge in [0.15, 0.2) is 6.61 Å². The average Bonchev–Trinajstić information content (AvgIpc) is 2.86. The zero-order valence-corrected chi connectivity index (χ0v) is 12.5. The molecule has 0 fully saturated rings. The largest absolute Gasteiger partial charge is 0.466 e. The smallest absolute Gasteiger partial charge is 0.365 e. The molecule has 2 aliphatic heterocycles. The Kier molecular flexibility index (Phi) is 3.21. The van der Waals surface area contributed by atoms with Gasteiger partial charge in [-0.2, -0.15) is 0 Å². The number of hydroxylamine groups is 2. The number of carbonyl (C=O) groups excluding carboxylic acids is 4. The minimum atomic E-state index is -0.968. The number of aromatic nitrogens is 1. The molecule has 1 N–H and O–H groups in total. The standard InChI is InChI=1S/C16H9N3O6/c20-12-7-24-13-11(18-12)5-8(6-17-13)16(23)25-19-14(21)9-3-1-2-4-10(9)15(19)22/h1-6H,7H2,(H,18,20). The van der Waals surface area contributed by atoms with Crippen molar-refractivity contribution in [2.45, 2.75) is 0 Å². The molecule has 0 saturated heterocycles. The lowest BCUT2D eigenvalue weighted by Crippen LogP contribution is -2.33.